The molecule has 2 fully saturated rings. The highest BCUT2D eigenvalue weighted by Crippen LogP contribution is 2.18. The zero-order valence-corrected chi connectivity index (χ0v) is 13.6. The maximum Gasteiger partial charge on any atom is 0.409 e. The third kappa shape index (κ3) is 3.90. The van der Waals surface area contributed by atoms with Gasteiger partial charge in [-0.1, -0.05) is 20.8 Å². The van der Waals surface area contributed by atoms with E-state index in [0.29, 0.717) is 52.3 Å². The second-order valence-corrected chi connectivity index (χ2v) is 6.77. The molecular weight excluding hydrogens is 286 g/mol. The van der Waals surface area contributed by atoms with E-state index in [-0.39, 0.29) is 23.3 Å². The number of amides is 3. The van der Waals surface area contributed by atoms with E-state index in [1.165, 1.54) is 0 Å². The highest BCUT2D eigenvalue weighted by atomic mass is 16.6. The molecule has 0 aromatic carbocycles. The average Bonchev–Trinajstić information content (AvgIpc) is 2.88. The van der Waals surface area contributed by atoms with Crippen LogP contribution in [-0.4, -0.2) is 78.5 Å². The van der Waals surface area contributed by atoms with Crippen molar-refractivity contribution in [3.05, 3.63) is 0 Å². The minimum absolute atomic E-state index is 0.0301. The van der Waals surface area contributed by atoms with Crippen LogP contribution in [0.4, 0.5) is 4.79 Å². The van der Waals surface area contributed by atoms with Gasteiger partial charge in [0.15, 0.2) is 0 Å². The minimum Gasteiger partial charge on any atom is -0.448 e. The van der Waals surface area contributed by atoms with Crippen molar-refractivity contribution in [1.29, 1.82) is 0 Å². The van der Waals surface area contributed by atoms with Gasteiger partial charge in [-0.25, -0.2) is 4.79 Å². The van der Waals surface area contributed by atoms with Crippen LogP contribution in [-0.2, 0) is 14.3 Å². The Morgan fingerprint density at radius 2 is 1.64 bits per heavy atom. The van der Waals surface area contributed by atoms with E-state index in [2.05, 4.69) is 0 Å². The van der Waals surface area contributed by atoms with Gasteiger partial charge < -0.3 is 19.4 Å². The fraction of sp³-hybridized carbons (Fsp3) is 0.800. The normalized spacial score (nSPS) is 19.4. The number of piperazine rings is 1. The lowest BCUT2D eigenvalue weighted by molar-refractivity contribution is -0.145. The monoisotopic (exact) mass is 311 g/mol. The van der Waals surface area contributed by atoms with Crippen LogP contribution in [0.2, 0.25) is 0 Å². The molecule has 0 bridgehead atoms. The SMILES string of the molecule is CC(C)(C)C(=O)N1CCN(C(=O)CCN2CCOC2=O)CC1. The summed E-state index contributed by atoms with van der Waals surface area (Å²) >= 11 is 0. The van der Waals surface area contributed by atoms with Crippen molar-refractivity contribution in [3.63, 3.8) is 0 Å². The van der Waals surface area contributed by atoms with Crippen LogP contribution in [0.1, 0.15) is 27.2 Å². The van der Waals surface area contributed by atoms with Gasteiger partial charge in [0.05, 0.1) is 6.54 Å². The lowest BCUT2D eigenvalue weighted by Gasteiger charge is -2.37. The molecule has 0 unspecified atom stereocenters. The van der Waals surface area contributed by atoms with Gasteiger partial charge in [-0.15, -0.1) is 0 Å². The Morgan fingerprint density at radius 3 is 2.14 bits per heavy atom. The molecule has 0 aliphatic carbocycles. The van der Waals surface area contributed by atoms with E-state index < -0.39 is 0 Å². The largest absolute Gasteiger partial charge is 0.448 e. The van der Waals surface area contributed by atoms with E-state index in [1.54, 1.807) is 9.80 Å². The van der Waals surface area contributed by atoms with Crippen LogP contribution in [0.3, 0.4) is 0 Å². The van der Waals surface area contributed by atoms with Crippen molar-refractivity contribution in [1.82, 2.24) is 14.7 Å². The summed E-state index contributed by atoms with van der Waals surface area (Å²) in [5.41, 5.74) is -0.387. The van der Waals surface area contributed by atoms with Gasteiger partial charge in [0.1, 0.15) is 6.61 Å². The van der Waals surface area contributed by atoms with Gasteiger partial charge in [0, 0.05) is 44.6 Å². The molecule has 0 spiro atoms. The highest BCUT2D eigenvalue weighted by Gasteiger charge is 2.31. The Labute approximate surface area is 131 Å². The zero-order chi connectivity index (χ0) is 16.3. The van der Waals surface area contributed by atoms with E-state index in [4.69, 9.17) is 4.74 Å². The summed E-state index contributed by atoms with van der Waals surface area (Å²) in [7, 11) is 0. The van der Waals surface area contributed by atoms with Gasteiger partial charge in [0.25, 0.3) is 0 Å². The third-order valence-corrected chi connectivity index (χ3v) is 4.00. The summed E-state index contributed by atoms with van der Waals surface area (Å²) in [5, 5.41) is 0. The van der Waals surface area contributed by atoms with Gasteiger partial charge in [-0.3, -0.25) is 9.59 Å². The quantitative estimate of drug-likeness (QED) is 0.763. The molecule has 7 nitrogen and oxygen atoms in total. The van der Waals surface area contributed by atoms with Crippen molar-refractivity contribution in [3.8, 4) is 0 Å². The fourth-order valence-corrected chi connectivity index (χ4v) is 2.65. The first-order valence-electron chi connectivity index (χ1n) is 7.78. The predicted molar refractivity (Wildman–Crippen MR) is 80.2 cm³/mol. The van der Waals surface area contributed by atoms with Gasteiger partial charge >= 0.3 is 6.09 Å². The Bertz CT molecular complexity index is 450. The first-order valence-corrected chi connectivity index (χ1v) is 7.78. The van der Waals surface area contributed by atoms with Gasteiger partial charge in [-0.2, -0.15) is 0 Å². The van der Waals surface area contributed by atoms with E-state index in [9.17, 15) is 14.4 Å². The Hall–Kier alpha value is -1.79. The molecule has 0 radical (unpaired) electrons. The molecule has 0 N–H and O–H groups in total. The third-order valence-electron chi connectivity index (χ3n) is 4.00. The summed E-state index contributed by atoms with van der Waals surface area (Å²) in [6, 6.07) is 0. The molecule has 2 rings (SSSR count). The first kappa shape index (κ1) is 16.6. The Kier molecular flexibility index (Phi) is 4.93. The molecule has 7 heteroatoms. The first-order chi connectivity index (χ1) is 10.3. The maximum atomic E-state index is 12.2. The molecule has 2 saturated heterocycles. The molecule has 3 amide bonds. The second kappa shape index (κ2) is 6.54. The molecule has 2 aliphatic heterocycles. The lowest BCUT2D eigenvalue weighted by Crippen LogP contribution is -2.53. The van der Waals surface area contributed by atoms with Crippen molar-refractivity contribution in [2.75, 3.05) is 45.9 Å². The predicted octanol–water partition coefficient (Wildman–Crippen LogP) is 0.546. The van der Waals surface area contributed by atoms with Crippen LogP contribution in [0, 0.1) is 5.41 Å². The maximum absolute atomic E-state index is 12.2. The Balaban J connectivity index is 1.75. The van der Waals surface area contributed by atoms with Crippen molar-refractivity contribution >= 4 is 17.9 Å². The molecule has 2 heterocycles. The molecule has 124 valence electrons. The van der Waals surface area contributed by atoms with Crippen LogP contribution in [0.15, 0.2) is 0 Å². The van der Waals surface area contributed by atoms with Crippen LogP contribution in [0.25, 0.3) is 0 Å². The number of carbonyl (C=O) groups is 3. The molecule has 22 heavy (non-hydrogen) atoms. The average molecular weight is 311 g/mol. The highest BCUT2D eigenvalue weighted by molar-refractivity contribution is 5.82. The molecule has 0 aromatic rings. The lowest BCUT2D eigenvalue weighted by atomic mass is 9.94. The molecule has 0 aromatic heterocycles. The number of hydrogen-bond acceptors (Lipinski definition) is 4. The second-order valence-electron chi connectivity index (χ2n) is 6.77. The number of cyclic esters (lactones) is 1. The van der Waals surface area contributed by atoms with Gasteiger partial charge in [-0.05, 0) is 0 Å². The zero-order valence-electron chi connectivity index (χ0n) is 13.6. The summed E-state index contributed by atoms with van der Waals surface area (Å²) in [4.78, 5) is 40.8. The van der Waals surface area contributed by atoms with Gasteiger partial charge in [0.2, 0.25) is 11.8 Å². The summed E-state index contributed by atoms with van der Waals surface area (Å²) in [5.74, 6) is 0.155. The van der Waals surface area contributed by atoms with E-state index in [1.807, 2.05) is 25.7 Å². The molecule has 2 aliphatic rings. The molecular formula is C15H25N3O4. The number of ether oxygens (including phenoxy) is 1. The number of hydrogen-bond donors (Lipinski definition) is 0. The molecule has 0 saturated carbocycles. The summed E-state index contributed by atoms with van der Waals surface area (Å²) in [6.45, 7) is 9.35. The topological polar surface area (TPSA) is 70.2 Å². The number of carbonyl (C=O) groups excluding carboxylic acids is 3. The van der Waals surface area contributed by atoms with E-state index >= 15 is 0 Å². The fourth-order valence-electron chi connectivity index (χ4n) is 2.65. The van der Waals surface area contributed by atoms with Crippen LogP contribution >= 0.6 is 0 Å². The van der Waals surface area contributed by atoms with Crippen molar-refractivity contribution < 1.29 is 19.1 Å². The summed E-state index contributed by atoms with van der Waals surface area (Å²) < 4.78 is 4.83. The molecule has 0 atom stereocenters. The summed E-state index contributed by atoms with van der Waals surface area (Å²) in [6.07, 6.45) is -0.0316. The van der Waals surface area contributed by atoms with Crippen LogP contribution in [0.5, 0.6) is 0 Å². The smallest absolute Gasteiger partial charge is 0.409 e. The minimum atomic E-state index is -0.387. The standard InChI is InChI=1S/C15H25N3O4/c1-15(2,3)13(20)17-8-6-16(7-9-17)12(19)4-5-18-10-11-22-14(18)21/h4-11H2,1-3H3. The number of nitrogens with zero attached hydrogens (tertiary/aromatic N) is 3. The number of rotatable bonds is 3. The van der Waals surface area contributed by atoms with Crippen LogP contribution < -0.4 is 0 Å². The Morgan fingerprint density at radius 1 is 1.05 bits per heavy atom. The van der Waals surface area contributed by atoms with Crippen molar-refractivity contribution in [2.24, 2.45) is 5.41 Å². The van der Waals surface area contributed by atoms with Crippen molar-refractivity contribution in [2.45, 2.75) is 27.2 Å². The van der Waals surface area contributed by atoms with E-state index in [0.717, 1.165) is 0 Å².